The van der Waals surface area contributed by atoms with Gasteiger partial charge in [-0.3, -0.25) is 14.8 Å². The van der Waals surface area contributed by atoms with Crippen molar-refractivity contribution in [2.24, 2.45) is 4.99 Å². The zero-order valence-electron chi connectivity index (χ0n) is 22.5. The number of ether oxygens (including phenoxy) is 2. The number of rotatable bonds is 11. The molecule has 40 heavy (non-hydrogen) atoms. The van der Waals surface area contributed by atoms with E-state index < -0.39 is 35.0 Å². The molecule has 0 bridgehead atoms. The Morgan fingerprint density at radius 2 is 1.95 bits per heavy atom. The summed E-state index contributed by atoms with van der Waals surface area (Å²) >= 11 is 1.38. The molecule has 2 heterocycles. The van der Waals surface area contributed by atoms with Gasteiger partial charge in [0.25, 0.3) is 0 Å². The second-order valence-electron chi connectivity index (χ2n) is 9.84. The maximum atomic E-state index is 14.3. The smallest absolute Gasteiger partial charge is 0.416 e. The third-order valence-corrected chi connectivity index (χ3v) is 8.20. The van der Waals surface area contributed by atoms with E-state index in [2.05, 4.69) is 9.98 Å². The minimum Gasteiger partial charge on any atom is -0.495 e. The Labute approximate surface area is 234 Å². The van der Waals surface area contributed by atoms with Gasteiger partial charge in [-0.25, -0.2) is 9.18 Å². The molecule has 1 aromatic heterocycles. The Morgan fingerprint density at radius 3 is 2.55 bits per heavy atom. The van der Waals surface area contributed by atoms with Crippen molar-refractivity contribution in [1.82, 2.24) is 9.88 Å². The predicted molar refractivity (Wildman–Crippen MR) is 143 cm³/mol. The average Bonchev–Trinajstić information content (AvgIpc) is 3.65. The number of carbonyl (C=O) groups excluding carboxylic acids is 2. The quantitative estimate of drug-likeness (QED) is 0.268. The normalized spacial score (nSPS) is 19.6. The van der Waals surface area contributed by atoms with Crippen LogP contribution in [-0.2, 0) is 32.3 Å². The van der Waals surface area contributed by atoms with Crippen LogP contribution in [0, 0.1) is 5.82 Å². The van der Waals surface area contributed by atoms with E-state index in [0.29, 0.717) is 35.4 Å². The molecule has 2 aromatic rings. The van der Waals surface area contributed by atoms with E-state index in [1.54, 1.807) is 30.2 Å². The maximum absolute atomic E-state index is 14.3. The van der Waals surface area contributed by atoms with Gasteiger partial charge in [0.05, 0.1) is 48.2 Å². The first-order valence-electron chi connectivity index (χ1n) is 13.0. The molecule has 1 saturated carbocycles. The molecular formula is C28H31F4N3O4S. The second kappa shape index (κ2) is 12.2. The lowest BCUT2D eigenvalue weighted by Gasteiger charge is -2.27. The molecule has 0 N–H and O–H groups in total. The first-order chi connectivity index (χ1) is 19.0. The number of aliphatic imine (C=N–C) groups is 1. The minimum absolute atomic E-state index is 0.00872. The van der Waals surface area contributed by atoms with Crippen LogP contribution in [0.5, 0.6) is 5.75 Å². The van der Waals surface area contributed by atoms with Gasteiger partial charge < -0.3 is 14.4 Å². The number of halogens is 4. The number of esters is 1. The van der Waals surface area contributed by atoms with Crippen LogP contribution in [-0.4, -0.2) is 64.9 Å². The molecule has 2 unspecified atom stereocenters. The molecule has 2 aliphatic rings. The molecule has 12 heteroatoms. The van der Waals surface area contributed by atoms with Crippen molar-refractivity contribution in [3.8, 4) is 5.75 Å². The zero-order valence-corrected chi connectivity index (χ0v) is 23.3. The number of alkyl halides is 3. The first-order valence-corrected chi connectivity index (χ1v) is 13.9. The van der Waals surface area contributed by atoms with Crippen LogP contribution in [0.1, 0.15) is 49.9 Å². The molecule has 1 amide bonds. The van der Waals surface area contributed by atoms with Gasteiger partial charge in [-0.05, 0) is 68.5 Å². The molecule has 7 nitrogen and oxygen atoms in total. The van der Waals surface area contributed by atoms with Crippen LogP contribution in [0.2, 0.25) is 0 Å². The van der Waals surface area contributed by atoms with Gasteiger partial charge in [-0.1, -0.05) is 6.92 Å². The zero-order chi connectivity index (χ0) is 29.1. The second-order valence-corrected chi connectivity index (χ2v) is 11.3. The van der Waals surface area contributed by atoms with Gasteiger partial charge in [0.1, 0.15) is 11.6 Å². The van der Waals surface area contributed by atoms with Crippen LogP contribution >= 0.6 is 11.8 Å². The molecule has 1 fully saturated rings. The summed E-state index contributed by atoms with van der Waals surface area (Å²) in [5.74, 6) is -0.793. The van der Waals surface area contributed by atoms with Crippen molar-refractivity contribution in [3.05, 3.63) is 59.2 Å². The summed E-state index contributed by atoms with van der Waals surface area (Å²) in [6.45, 7) is 4.07. The van der Waals surface area contributed by atoms with E-state index in [0.717, 1.165) is 12.1 Å². The summed E-state index contributed by atoms with van der Waals surface area (Å²) in [6.07, 6.45) is -1.62. The highest BCUT2D eigenvalue weighted by Crippen LogP contribution is 2.49. The fraction of sp³-hybridized carbons (Fsp3) is 0.500. The molecule has 0 saturated heterocycles. The Balaban J connectivity index is 1.54. The van der Waals surface area contributed by atoms with E-state index >= 15 is 0 Å². The molecule has 1 aliphatic carbocycles. The van der Waals surface area contributed by atoms with Crippen molar-refractivity contribution >= 4 is 28.7 Å². The average molecular weight is 582 g/mol. The molecule has 1 aliphatic heterocycles. The summed E-state index contributed by atoms with van der Waals surface area (Å²) in [7, 11) is 1.52. The Hall–Kier alpha value is -3.15. The largest absolute Gasteiger partial charge is 0.495 e. The van der Waals surface area contributed by atoms with Gasteiger partial charge in [0, 0.05) is 11.8 Å². The number of hydrogen-bond acceptors (Lipinski definition) is 7. The lowest BCUT2D eigenvalue weighted by molar-refractivity contribution is -0.144. The van der Waals surface area contributed by atoms with Crippen LogP contribution in [0.3, 0.4) is 0 Å². The number of methoxy groups -OCH3 is 1. The Morgan fingerprint density at radius 1 is 1.20 bits per heavy atom. The summed E-state index contributed by atoms with van der Waals surface area (Å²) in [5.41, 5.74) is -1.21. The maximum Gasteiger partial charge on any atom is 0.416 e. The van der Waals surface area contributed by atoms with Crippen LogP contribution in [0.15, 0.2) is 41.5 Å². The number of aryl methyl sites for hydroxylation is 1. The monoisotopic (exact) mass is 581 g/mol. The summed E-state index contributed by atoms with van der Waals surface area (Å²) < 4.78 is 64.1. The van der Waals surface area contributed by atoms with Crippen molar-refractivity contribution in [2.45, 2.75) is 62.4 Å². The van der Waals surface area contributed by atoms with Crippen molar-refractivity contribution < 1.29 is 36.6 Å². The van der Waals surface area contributed by atoms with E-state index in [9.17, 15) is 27.2 Å². The van der Waals surface area contributed by atoms with E-state index in [1.807, 2.05) is 6.92 Å². The molecule has 4 rings (SSSR count). The summed E-state index contributed by atoms with van der Waals surface area (Å²) in [4.78, 5) is 36.8. The number of thioether (sulfide) groups is 1. The molecule has 1 aromatic carbocycles. The van der Waals surface area contributed by atoms with Gasteiger partial charge in [0.15, 0.2) is 6.04 Å². The fourth-order valence-corrected chi connectivity index (χ4v) is 5.86. The lowest BCUT2D eigenvalue weighted by atomic mass is 9.99. The van der Waals surface area contributed by atoms with E-state index in [4.69, 9.17) is 9.47 Å². The molecule has 0 radical (unpaired) electrons. The third kappa shape index (κ3) is 6.59. The van der Waals surface area contributed by atoms with E-state index in [1.165, 1.54) is 18.9 Å². The topological polar surface area (TPSA) is 81.1 Å². The SMILES string of the molecule is CCOC(=O)C1N=C(CN(CCCc2cc(C(F)(F)F)ccc2F)C(=O)C2(c3ccc(OC)cn3)CC2)SC1C. The summed E-state index contributed by atoms with van der Waals surface area (Å²) in [6, 6.07) is 5.14. The van der Waals surface area contributed by atoms with Crippen LogP contribution in [0.4, 0.5) is 17.6 Å². The number of benzene rings is 1. The first kappa shape index (κ1) is 29.8. The van der Waals surface area contributed by atoms with Crippen molar-refractivity contribution in [3.63, 3.8) is 0 Å². The molecule has 0 spiro atoms. The standard InChI is InChI=1S/C28H31F4N3O4S/c1-4-39-25(36)24-17(2)40-23(34-24)16-35(13-5-6-18-14-19(28(30,31)32)7-9-21(18)29)26(37)27(11-12-27)22-10-8-20(38-3)15-33-22/h7-10,14-15,17,24H,4-6,11-13,16H2,1-3H3. The lowest BCUT2D eigenvalue weighted by Crippen LogP contribution is -2.42. The van der Waals surface area contributed by atoms with Gasteiger partial charge in [-0.2, -0.15) is 13.2 Å². The number of amides is 1. The number of carbonyl (C=O) groups is 2. The third-order valence-electron chi connectivity index (χ3n) is 7.06. The molecular weight excluding hydrogens is 550 g/mol. The van der Waals surface area contributed by atoms with Gasteiger partial charge in [-0.15, -0.1) is 11.8 Å². The van der Waals surface area contributed by atoms with Gasteiger partial charge >= 0.3 is 12.1 Å². The van der Waals surface area contributed by atoms with Crippen LogP contribution in [0.25, 0.3) is 0 Å². The highest BCUT2D eigenvalue weighted by Gasteiger charge is 2.54. The fourth-order valence-electron chi connectivity index (χ4n) is 4.73. The number of nitrogens with zero attached hydrogens (tertiary/aromatic N) is 3. The minimum atomic E-state index is -4.59. The van der Waals surface area contributed by atoms with Crippen LogP contribution < -0.4 is 4.74 Å². The van der Waals surface area contributed by atoms with Gasteiger partial charge in [0.2, 0.25) is 5.91 Å². The molecule has 216 valence electrons. The Kier molecular flexibility index (Phi) is 9.06. The predicted octanol–water partition coefficient (Wildman–Crippen LogP) is 5.21. The number of aromatic nitrogens is 1. The Bertz CT molecular complexity index is 1270. The highest BCUT2D eigenvalue weighted by molar-refractivity contribution is 8.14. The summed E-state index contributed by atoms with van der Waals surface area (Å²) in [5, 5.41) is 0.408. The van der Waals surface area contributed by atoms with Crippen molar-refractivity contribution in [1.29, 1.82) is 0 Å². The number of hydrogen-bond donors (Lipinski definition) is 0. The number of pyridine rings is 1. The van der Waals surface area contributed by atoms with Crippen molar-refractivity contribution in [2.75, 3.05) is 26.8 Å². The highest BCUT2D eigenvalue weighted by atomic mass is 32.2. The van der Waals surface area contributed by atoms with E-state index in [-0.39, 0.29) is 49.3 Å². The molecule has 2 atom stereocenters.